The summed E-state index contributed by atoms with van der Waals surface area (Å²) in [4.78, 5) is 109. The van der Waals surface area contributed by atoms with Crippen LogP contribution in [0.25, 0.3) is 0 Å². The third-order valence-corrected chi connectivity index (χ3v) is 14.1. The van der Waals surface area contributed by atoms with E-state index in [1.807, 2.05) is 0 Å². The average Bonchev–Trinajstić information content (AvgIpc) is 3.28. The number of amides is 1. The number of hydrogen-bond acceptors (Lipinski definition) is 19. The van der Waals surface area contributed by atoms with Crippen molar-refractivity contribution >= 4 is 47.5 Å². The lowest BCUT2D eigenvalue weighted by atomic mass is 9.45. The Morgan fingerprint density at radius 1 is 0.887 bits per heavy atom. The van der Waals surface area contributed by atoms with Gasteiger partial charge >= 0.3 is 35.9 Å². The summed E-state index contributed by atoms with van der Waals surface area (Å²) in [6.07, 6.45) is -15.8. The Balaban J connectivity index is 1.48. The van der Waals surface area contributed by atoms with Crippen LogP contribution in [0.4, 0.5) is 4.79 Å². The van der Waals surface area contributed by atoms with Gasteiger partial charge in [-0.25, -0.2) is 14.4 Å². The Morgan fingerprint density at radius 3 is 2.08 bits per heavy atom. The second-order valence-corrected chi connectivity index (χ2v) is 20.2. The summed E-state index contributed by atoms with van der Waals surface area (Å²) in [6.45, 7) is 12.6. The fraction of sp³-hybridized carbons (Fsp3) is 0.569. The zero-order chi connectivity index (χ0) is 52.5. The van der Waals surface area contributed by atoms with E-state index in [4.69, 9.17) is 37.9 Å². The molecule has 4 aliphatic rings. The fourth-order valence-corrected chi connectivity index (χ4v) is 10.4. The first-order valence-electron chi connectivity index (χ1n) is 23.2. The minimum Gasteiger partial charge on any atom is -0.455 e. The lowest BCUT2D eigenvalue weighted by Gasteiger charge is -2.65. The molecule has 1 amide bonds. The smallest absolute Gasteiger partial charge is 0.408 e. The van der Waals surface area contributed by atoms with Gasteiger partial charge in [0, 0.05) is 38.2 Å². The van der Waals surface area contributed by atoms with Crippen LogP contribution in [0.2, 0.25) is 0 Å². The summed E-state index contributed by atoms with van der Waals surface area (Å²) in [5.41, 5.74) is -7.11. The van der Waals surface area contributed by atoms with Crippen molar-refractivity contribution in [2.45, 2.75) is 148 Å². The summed E-state index contributed by atoms with van der Waals surface area (Å²) in [5.74, 6) is -9.66. The number of ketones is 2. The van der Waals surface area contributed by atoms with Crippen molar-refractivity contribution in [2.24, 2.45) is 22.7 Å². The van der Waals surface area contributed by atoms with Gasteiger partial charge in [-0.2, -0.15) is 0 Å². The van der Waals surface area contributed by atoms with Gasteiger partial charge in [0.2, 0.25) is 12.4 Å². The number of Topliss-reactive ketones (excluding diaryl/α,β-unsaturated/α-hetero) is 2. The Labute approximate surface area is 410 Å². The molecule has 386 valence electrons. The van der Waals surface area contributed by atoms with Crippen LogP contribution in [0.15, 0.2) is 71.8 Å². The van der Waals surface area contributed by atoms with Crippen LogP contribution in [-0.4, -0.2) is 137 Å². The Hall–Kier alpha value is -6.06. The van der Waals surface area contributed by atoms with Crippen molar-refractivity contribution in [1.29, 1.82) is 0 Å². The molecule has 3 fully saturated rings. The summed E-state index contributed by atoms with van der Waals surface area (Å²) >= 11 is 0. The number of benzene rings is 2. The molecule has 0 aromatic heterocycles. The van der Waals surface area contributed by atoms with Gasteiger partial charge in [-0.15, -0.1) is 0 Å². The standard InChI is InChI=1S/C51H63NO19/c1-25-32(67-45(61)41(69-35(57)22-34(56)65-26(2)30(54)24-64-10)39(28-17-13-11-14-18-28)52-47(62)71-48(4,5)6)23-51(63)43(70-44(60)29-19-15-12-16-20-29)38-36-31(68-46(36)66-27(3)53)21-33(55)50(38,9)42(59)40(58)37(25)49(51,7)8/h11-20,26,31-33,36,38-41,43,46,55,58,63H,21-24H2,1-10H3,(H,52,62). The number of esters is 5. The van der Waals surface area contributed by atoms with Gasteiger partial charge in [-0.3, -0.25) is 24.0 Å². The van der Waals surface area contributed by atoms with Gasteiger partial charge in [0.15, 0.2) is 17.7 Å². The number of hydrogen-bond donors (Lipinski definition) is 4. The van der Waals surface area contributed by atoms with Crippen molar-refractivity contribution in [1.82, 2.24) is 5.32 Å². The summed E-state index contributed by atoms with van der Waals surface area (Å²) in [5, 5.41) is 40.6. The predicted molar refractivity (Wildman–Crippen MR) is 244 cm³/mol. The zero-order valence-corrected chi connectivity index (χ0v) is 41.3. The molecular formula is C51H63NO19. The van der Waals surface area contributed by atoms with Crippen molar-refractivity contribution in [3.63, 3.8) is 0 Å². The lowest BCUT2D eigenvalue weighted by molar-refractivity contribution is -0.352. The van der Waals surface area contributed by atoms with Crippen LogP contribution in [-0.2, 0) is 66.7 Å². The first-order chi connectivity index (χ1) is 33.2. The number of fused-ring (bicyclic) bond motifs is 5. The van der Waals surface area contributed by atoms with Crippen molar-refractivity contribution < 1.29 is 91.6 Å². The molecule has 13 unspecified atom stereocenters. The van der Waals surface area contributed by atoms with E-state index >= 15 is 9.59 Å². The second-order valence-electron chi connectivity index (χ2n) is 20.2. The molecule has 3 aliphatic carbocycles. The van der Waals surface area contributed by atoms with Crippen molar-refractivity contribution in [3.8, 4) is 0 Å². The second kappa shape index (κ2) is 21.0. The molecule has 2 bridgehead atoms. The molecule has 0 spiro atoms. The number of methoxy groups -OCH3 is 1. The van der Waals surface area contributed by atoms with Gasteiger partial charge in [-0.1, -0.05) is 62.4 Å². The van der Waals surface area contributed by atoms with E-state index in [2.05, 4.69) is 5.32 Å². The zero-order valence-electron chi connectivity index (χ0n) is 41.3. The molecular weight excluding hydrogens is 931 g/mol. The molecule has 1 heterocycles. The molecule has 2 aromatic carbocycles. The van der Waals surface area contributed by atoms with Crippen LogP contribution < -0.4 is 5.32 Å². The van der Waals surface area contributed by atoms with Gasteiger partial charge in [-0.05, 0) is 70.4 Å². The molecule has 20 nitrogen and oxygen atoms in total. The minimum atomic E-state index is -2.44. The number of aliphatic hydroxyl groups is 3. The normalized spacial score (nSPS) is 29.9. The highest BCUT2D eigenvalue weighted by molar-refractivity contribution is 5.95. The van der Waals surface area contributed by atoms with Crippen molar-refractivity contribution in [3.05, 3.63) is 82.9 Å². The van der Waals surface area contributed by atoms with E-state index in [1.165, 1.54) is 66.0 Å². The van der Waals surface area contributed by atoms with E-state index in [0.29, 0.717) is 0 Å². The molecule has 2 aromatic rings. The number of carbonyl (C=O) groups excluding carboxylic acids is 8. The van der Waals surface area contributed by atoms with Gasteiger partial charge in [0.05, 0.1) is 29.1 Å². The Kier molecular flexibility index (Phi) is 16.0. The highest BCUT2D eigenvalue weighted by Crippen LogP contribution is 2.63. The summed E-state index contributed by atoms with van der Waals surface area (Å²) < 4.78 is 45.1. The van der Waals surface area contributed by atoms with Gasteiger partial charge < -0.3 is 58.5 Å². The molecule has 4 N–H and O–H groups in total. The topological polar surface area (TPSA) is 283 Å². The van der Waals surface area contributed by atoms with Crippen LogP contribution in [0.5, 0.6) is 0 Å². The summed E-state index contributed by atoms with van der Waals surface area (Å²) in [7, 11) is 1.26. The van der Waals surface area contributed by atoms with Crippen LogP contribution in [0, 0.1) is 22.7 Å². The molecule has 2 saturated carbocycles. The fourth-order valence-electron chi connectivity index (χ4n) is 10.4. The third-order valence-electron chi connectivity index (χ3n) is 14.1. The molecule has 71 heavy (non-hydrogen) atoms. The molecule has 6 rings (SSSR count). The summed E-state index contributed by atoms with van der Waals surface area (Å²) in [6, 6.07) is 13.9. The molecule has 13 atom stereocenters. The maximum Gasteiger partial charge on any atom is 0.408 e. The molecule has 20 heteroatoms. The minimum absolute atomic E-state index is 0.0399. The third kappa shape index (κ3) is 10.9. The highest BCUT2D eigenvalue weighted by atomic mass is 16.7. The molecule has 1 saturated heterocycles. The monoisotopic (exact) mass is 993 g/mol. The SMILES string of the molecule is COCC(=O)C(C)OC(=O)CC(=O)OC(C(=O)OC1CC2(O)C(OC(=O)c3ccccc3)C3C4C(CC(O)C3(C)C(=O)C(O)C(=C1C)C2(C)C)OC4OC(C)=O)C(NC(=O)OC(C)(C)C)c1ccccc1. The van der Waals surface area contributed by atoms with E-state index in [9.17, 15) is 44.1 Å². The number of rotatable bonds is 15. The first-order valence-corrected chi connectivity index (χ1v) is 23.2. The van der Waals surface area contributed by atoms with E-state index in [0.717, 1.165) is 6.92 Å². The number of ether oxygens (including phenoxy) is 8. The van der Waals surface area contributed by atoms with Crippen LogP contribution >= 0.6 is 0 Å². The van der Waals surface area contributed by atoms with E-state index < -0.39 is 156 Å². The number of aliphatic hydroxyl groups excluding tert-OH is 2. The largest absolute Gasteiger partial charge is 0.455 e. The van der Waals surface area contributed by atoms with Crippen LogP contribution in [0.3, 0.4) is 0 Å². The average molecular weight is 994 g/mol. The predicted octanol–water partition coefficient (Wildman–Crippen LogP) is 3.55. The van der Waals surface area contributed by atoms with Crippen molar-refractivity contribution in [2.75, 3.05) is 13.7 Å². The number of carbonyl (C=O) groups is 8. The maximum absolute atomic E-state index is 15.1. The quantitative estimate of drug-likeness (QED) is 0.0859. The lowest BCUT2D eigenvalue weighted by Crippen LogP contribution is -2.76. The maximum atomic E-state index is 15.1. The Morgan fingerprint density at radius 2 is 1.49 bits per heavy atom. The molecule has 0 radical (unpaired) electrons. The van der Waals surface area contributed by atoms with E-state index in [-0.39, 0.29) is 28.7 Å². The van der Waals surface area contributed by atoms with Gasteiger partial charge in [0.1, 0.15) is 48.6 Å². The molecule has 1 aliphatic heterocycles. The number of alkyl carbamates (subject to hydrolysis) is 1. The Bertz CT molecular complexity index is 2410. The highest BCUT2D eigenvalue weighted by Gasteiger charge is 2.74. The number of nitrogens with one attached hydrogen (secondary N) is 1. The first kappa shape index (κ1) is 54.3. The van der Waals surface area contributed by atoms with Crippen LogP contribution in [0.1, 0.15) is 104 Å². The van der Waals surface area contributed by atoms with E-state index in [1.54, 1.807) is 57.2 Å². The van der Waals surface area contributed by atoms with Gasteiger partial charge in [0.25, 0.3) is 0 Å².